The van der Waals surface area contributed by atoms with Crippen LogP contribution in [-0.4, -0.2) is 21.7 Å². The highest BCUT2D eigenvalue weighted by Crippen LogP contribution is 2.49. The summed E-state index contributed by atoms with van der Waals surface area (Å²) in [5.74, 6) is 2.33. The molecule has 4 atom stereocenters. The van der Waals surface area contributed by atoms with Gasteiger partial charge in [-0.3, -0.25) is 9.48 Å². The summed E-state index contributed by atoms with van der Waals surface area (Å²) in [6.07, 6.45) is 5.35. The molecular formula is C22H28ClN3O. The van der Waals surface area contributed by atoms with E-state index in [4.69, 9.17) is 11.6 Å². The fourth-order valence-electron chi connectivity index (χ4n) is 5.26. The molecule has 1 heterocycles. The number of halogens is 1. The molecule has 2 aromatic rings. The Bertz CT molecular complexity index is 859. The second-order valence-corrected chi connectivity index (χ2v) is 8.80. The van der Waals surface area contributed by atoms with Crippen LogP contribution in [-0.2, 0) is 6.54 Å². The van der Waals surface area contributed by atoms with Crippen molar-refractivity contribution in [1.82, 2.24) is 15.1 Å². The van der Waals surface area contributed by atoms with Gasteiger partial charge in [-0.15, -0.1) is 0 Å². The third-order valence-corrected chi connectivity index (χ3v) is 7.05. The molecule has 2 saturated carbocycles. The van der Waals surface area contributed by atoms with Crippen molar-refractivity contribution in [3.63, 3.8) is 0 Å². The van der Waals surface area contributed by atoms with Gasteiger partial charge >= 0.3 is 0 Å². The average Bonchev–Trinajstić information content (AvgIpc) is 3.32. The van der Waals surface area contributed by atoms with E-state index in [1.54, 1.807) is 0 Å². The number of fused-ring (bicyclic) bond motifs is 2. The maximum Gasteiger partial charge on any atom is 0.255 e. The zero-order valence-corrected chi connectivity index (χ0v) is 17.1. The van der Waals surface area contributed by atoms with Gasteiger partial charge in [0.1, 0.15) is 0 Å². The predicted octanol–water partition coefficient (Wildman–Crippen LogP) is 4.76. The number of hydrogen-bond acceptors (Lipinski definition) is 2. The summed E-state index contributed by atoms with van der Waals surface area (Å²) in [7, 11) is 0. The Hall–Kier alpha value is -1.81. The fraction of sp³-hybridized carbons (Fsp3) is 0.545. The van der Waals surface area contributed by atoms with Gasteiger partial charge in [-0.2, -0.15) is 5.10 Å². The molecule has 1 aromatic carbocycles. The summed E-state index contributed by atoms with van der Waals surface area (Å²) in [4.78, 5) is 13.0. The number of carbonyl (C=O) groups is 1. The number of hydrogen-bond donors (Lipinski definition) is 1. The average molecular weight is 386 g/mol. The van der Waals surface area contributed by atoms with Crippen LogP contribution in [0.2, 0.25) is 5.02 Å². The van der Waals surface area contributed by atoms with Gasteiger partial charge in [-0.25, -0.2) is 0 Å². The van der Waals surface area contributed by atoms with Gasteiger partial charge in [0.25, 0.3) is 5.91 Å². The van der Waals surface area contributed by atoms with E-state index in [0.29, 0.717) is 18.0 Å². The molecule has 1 N–H and O–H groups in total. The topological polar surface area (TPSA) is 46.9 Å². The Labute approximate surface area is 166 Å². The lowest BCUT2D eigenvalue weighted by Gasteiger charge is -2.28. The number of amides is 1. The summed E-state index contributed by atoms with van der Waals surface area (Å²) in [5, 5.41) is 8.61. The monoisotopic (exact) mass is 385 g/mol. The summed E-state index contributed by atoms with van der Waals surface area (Å²) < 4.78 is 1.88. The van der Waals surface area contributed by atoms with Crippen LogP contribution in [0.5, 0.6) is 0 Å². The highest BCUT2D eigenvalue weighted by Gasteiger charge is 2.42. The number of nitrogens with one attached hydrogen (secondary N) is 1. The maximum atomic E-state index is 13.0. The quantitative estimate of drug-likeness (QED) is 0.806. The van der Waals surface area contributed by atoms with Crippen LogP contribution in [0.1, 0.15) is 59.9 Å². The van der Waals surface area contributed by atoms with E-state index in [0.717, 1.165) is 33.8 Å². The number of benzene rings is 1. The first-order valence-electron chi connectivity index (χ1n) is 10.0. The summed E-state index contributed by atoms with van der Waals surface area (Å²) >= 11 is 6.29. The molecule has 2 aliphatic rings. The van der Waals surface area contributed by atoms with Crippen LogP contribution >= 0.6 is 11.6 Å². The largest absolute Gasteiger partial charge is 0.349 e. The Morgan fingerprint density at radius 2 is 2.07 bits per heavy atom. The SMILES string of the molecule is Cc1nn(Cc2ccccc2Cl)c(C)c1C(=O)N[C@H](C)[C@@H]1C[C@H]2CC[C@@H]1C2. The number of aromatic nitrogens is 2. The summed E-state index contributed by atoms with van der Waals surface area (Å²) in [6, 6.07) is 7.99. The number of carbonyl (C=O) groups excluding carboxylic acids is 1. The summed E-state index contributed by atoms with van der Waals surface area (Å²) in [6.45, 7) is 6.62. The van der Waals surface area contributed by atoms with Crippen molar-refractivity contribution in [2.24, 2.45) is 17.8 Å². The first-order chi connectivity index (χ1) is 12.9. The molecular weight excluding hydrogens is 358 g/mol. The summed E-state index contributed by atoms with van der Waals surface area (Å²) in [5.41, 5.74) is 3.38. The first-order valence-corrected chi connectivity index (χ1v) is 10.4. The molecule has 2 aliphatic carbocycles. The van der Waals surface area contributed by atoms with Crippen molar-refractivity contribution < 1.29 is 4.79 Å². The van der Waals surface area contributed by atoms with Crippen LogP contribution in [0.15, 0.2) is 24.3 Å². The molecule has 5 heteroatoms. The minimum Gasteiger partial charge on any atom is -0.349 e. The van der Waals surface area contributed by atoms with Crippen LogP contribution in [0.4, 0.5) is 0 Å². The van der Waals surface area contributed by atoms with Crippen molar-refractivity contribution in [2.45, 2.75) is 59.0 Å². The smallest absolute Gasteiger partial charge is 0.255 e. The van der Waals surface area contributed by atoms with Crippen LogP contribution in [0.25, 0.3) is 0 Å². The molecule has 0 saturated heterocycles. The van der Waals surface area contributed by atoms with Crippen LogP contribution in [0, 0.1) is 31.6 Å². The Kier molecular flexibility index (Phi) is 5.02. The van der Waals surface area contributed by atoms with Gasteiger partial charge in [-0.05, 0) is 69.4 Å². The second-order valence-electron chi connectivity index (χ2n) is 8.40. The maximum absolute atomic E-state index is 13.0. The first kappa shape index (κ1) is 18.5. The van der Waals surface area contributed by atoms with Crippen LogP contribution in [0.3, 0.4) is 0 Å². The van der Waals surface area contributed by atoms with Crippen molar-refractivity contribution in [1.29, 1.82) is 0 Å². The Morgan fingerprint density at radius 3 is 2.74 bits per heavy atom. The molecule has 2 bridgehead atoms. The zero-order chi connectivity index (χ0) is 19.1. The van der Waals surface area contributed by atoms with E-state index in [1.807, 2.05) is 42.8 Å². The predicted molar refractivity (Wildman–Crippen MR) is 108 cm³/mol. The number of rotatable bonds is 5. The standard InChI is InChI=1S/C22H28ClN3O/c1-13(19-11-16-8-9-17(19)10-16)24-22(27)21-14(2)25-26(15(21)3)12-18-6-4-5-7-20(18)23/h4-7,13,16-17,19H,8-12H2,1-3H3,(H,24,27)/t13-,16+,17-,19+/m1/s1. The highest BCUT2D eigenvalue weighted by molar-refractivity contribution is 6.31. The molecule has 144 valence electrons. The second kappa shape index (κ2) is 7.31. The lowest BCUT2D eigenvalue weighted by atomic mass is 9.84. The van der Waals surface area contributed by atoms with Crippen molar-refractivity contribution in [3.05, 3.63) is 51.8 Å². The third kappa shape index (κ3) is 3.52. The van der Waals surface area contributed by atoms with E-state index in [1.165, 1.54) is 25.7 Å². The van der Waals surface area contributed by atoms with E-state index in [2.05, 4.69) is 17.3 Å². The van der Waals surface area contributed by atoms with Gasteiger partial charge in [0.15, 0.2) is 0 Å². The lowest BCUT2D eigenvalue weighted by Crippen LogP contribution is -2.40. The van der Waals surface area contributed by atoms with E-state index < -0.39 is 0 Å². The molecule has 4 rings (SSSR count). The number of nitrogens with zero attached hydrogens (tertiary/aromatic N) is 2. The van der Waals surface area contributed by atoms with Gasteiger partial charge in [0, 0.05) is 16.8 Å². The van der Waals surface area contributed by atoms with Gasteiger partial charge in [0.05, 0.1) is 17.8 Å². The minimum absolute atomic E-state index is 0.00526. The van der Waals surface area contributed by atoms with E-state index in [9.17, 15) is 4.79 Å². The lowest BCUT2D eigenvalue weighted by molar-refractivity contribution is 0.0914. The fourth-order valence-corrected chi connectivity index (χ4v) is 5.46. The number of aryl methyl sites for hydroxylation is 1. The molecule has 0 spiro atoms. The van der Waals surface area contributed by atoms with Gasteiger partial charge in [0.2, 0.25) is 0 Å². The molecule has 27 heavy (non-hydrogen) atoms. The van der Waals surface area contributed by atoms with Gasteiger partial charge in [-0.1, -0.05) is 36.2 Å². The Balaban J connectivity index is 1.49. The molecule has 0 radical (unpaired) electrons. The molecule has 4 nitrogen and oxygen atoms in total. The molecule has 0 unspecified atom stereocenters. The highest BCUT2D eigenvalue weighted by atomic mass is 35.5. The van der Waals surface area contributed by atoms with Gasteiger partial charge < -0.3 is 5.32 Å². The normalized spacial score (nSPS) is 25.0. The zero-order valence-electron chi connectivity index (χ0n) is 16.3. The van der Waals surface area contributed by atoms with Crippen molar-refractivity contribution >= 4 is 17.5 Å². The molecule has 1 amide bonds. The van der Waals surface area contributed by atoms with Crippen LogP contribution < -0.4 is 5.32 Å². The van der Waals surface area contributed by atoms with E-state index >= 15 is 0 Å². The molecule has 1 aromatic heterocycles. The third-order valence-electron chi connectivity index (χ3n) is 6.68. The van der Waals surface area contributed by atoms with E-state index in [-0.39, 0.29) is 11.9 Å². The minimum atomic E-state index is 0.00526. The molecule has 0 aliphatic heterocycles. The Morgan fingerprint density at radius 1 is 1.30 bits per heavy atom. The van der Waals surface area contributed by atoms with Crippen molar-refractivity contribution in [2.75, 3.05) is 0 Å². The van der Waals surface area contributed by atoms with Crippen molar-refractivity contribution in [3.8, 4) is 0 Å². The molecule has 2 fully saturated rings.